The number of esters is 1. The second-order valence-electron chi connectivity index (χ2n) is 14.4. The van der Waals surface area contributed by atoms with Crippen LogP contribution in [-0.4, -0.2) is 142 Å². The molecule has 14 nitrogen and oxygen atoms in total. The normalized spacial score (nSPS) is 29.5. The quantitative estimate of drug-likeness (QED) is 0.0316. The Morgan fingerprint density at radius 3 is 1.82 bits per heavy atom. The van der Waals surface area contributed by atoms with Crippen LogP contribution in [0.3, 0.4) is 0 Å². The maximum atomic E-state index is 12.6. The first-order chi connectivity index (χ1) is 26.6. The molecule has 0 aromatic rings. The zero-order chi connectivity index (χ0) is 40.3. The van der Waals surface area contributed by atoms with Crippen LogP contribution < -0.4 is 0 Å². The van der Waals surface area contributed by atoms with Crippen molar-refractivity contribution in [3.8, 4) is 0 Å². The molecule has 11 unspecified atom stereocenters. The Bertz CT molecular complexity index is 1050. The summed E-state index contributed by atoms with van der Waals surface area (Å²) in [5.74, 6) is -0.406. The lowest BCUT2D eigenvalue weighted by Crippen LogP contribution is -2.61. The van der Waals surface area contributed by atoms with E-state index < -0.39 is 86.7 Å². The first kappa shape index (κ1) is 49.4. The van der Waals surface area contributed by atoms with Gasteiger partial charge in [-0.2, -0.15) is 0 Å². The molecule has 0 radical (unpaired) electrons. The van der Waals surface area contributed by atoms with Crippen LogP contribution in [0, 0.1) is 0 Å². The fourth-order valence-electron chi connectivity index (χ4n) is 6.24. The average molecular weight is 789 g/mol. The van der Waals surface area contributed by atoms with Crippen LogP contribution in [-0.2, 0) is 33.2 Å². The Morgan fingerprint density at radius 1 is 0.618 bits per heavy atom. The molecule has 0 saturated carbocycles. The van der Waals surface area contributed by atoms with Gasteiger partial charge in [-0.25, -0.2) is 0 Å². The van der Waals surface area contributed by atoms with Gasteiger partial charge in [0.25, 0.3) is 0 Å². The van der Waals surface area contributed by atoms with E-state index in [0.29, 0.717) is 13.0 Å². The Morgan fingerprint density at radius 2 is 1.18 bits per heavy atom. The highest BCUT2D eigenvalue weighted by atomic mass is 16.7. The molecular weight excluding hydrogens is 716 g/mol. The van der Waals surface area contributed by atoms with Gasteiger partial charge in [0, 0.05) is 13.0 Å². The summed E-state index contributed by atoms with van der Waals surface area (Å²) in [5.41, 5.74) is 0. The number of allylic oxidation sites excluding steroid dienone is 6. The molecule has 2 heterocycles. The molecule has 2 aliphatic heterocycles. The first-order valence-corrected chi connectivity index (χ1v) is 20.6. The van der Waals surface area contributed by atoms with Crippen molar-refractivity contribution in [2.24, 2.45) is 0 Å². The third kappa shape index (κ3) is 20.0. The summed E-state index contributed by atoms with van der Waals surface area (Å²) in [6.07, 6.45) is 13.2. The van der Waals surface area contributed by atoms with Crippen molar-refractivity contribution in [3.63, 3.8) is 0 Å². The topological polar surface area (TPSA) is 214 Å². The first-order valence-electron chi connectivity index (χ1n) is 20.6. The number of carbonyl (C=O) groups is 1. The van der Waals surface area contributed by atoms with E-state index in [1.54, 1.807) is 0 Å². The van der Waals surface area contributed by atoms with E-state index in [1.807, 2.05) is 6.92 Å². The molecule has 0 amide bonds. The van der Waals surface area contributed by atoms with Crippen LogP contribution in [0.15, 0.2) is 36.5 Å². The minimum Gasteiger partial charge on any atom is -0.457 e. The van der Waals surface area contributed by atoms with Crippen molar-refractivity contribution >= 4 is 5.97 Å². The number of hydrogen-bond acceptors (Lipinski definition) is 14. The third-order valence-electron chi connectivity index (χ3n) is 9.66. The van der Waals surface area contributed by atoms with Gasteiger partial charge in [0.05, 0.1) is 26.4 Å². The van der Waals surface area contributed by atoms with Gasteiger partial charge in [-0.1, -0.05) is 102 Å². The van der Waals surface area contributed by atoms with Crippen molar-refractivity contribution in [3.05, 3.63) is 36.5 Å². The highest BCUT2D eigenvalue weighted by molar-refractivity contribution is 5.69. The molecule has 0 aromatic carbocycles. The summed E-state index contributed by atoms with van der Waals surface area (Å²) >= 11 is 0. The molecule has 0 bridgehead atoms. The molecule has 55 heavy (non-hydrogen) atoms. The average Bonchev–Trinajstić information content (AvgIpc) is 3.18. The minimum atomic E-state index is -1.70. The maximum absolute atomic E-state index is 12.6. The largest absolute Gasteiger partial charge is 0.457 e. The van der Waals surface area contributed by atoms with Gasteiger partial charge in [0.2, 0.25) is 0 Å². The predicted octanol–water partition coefficient (Wildman–Crippen LogP) is 3.51. The SMILES string of the molecule is CC/C=C\C/C=C\C/C=C\CCCCCCCCCCOCC(COC1OC(COC2OC(CO)C(O)C(O)C2O)C(O)C(O)C1O)OC(=O)CCCCC. The standard InChI is InChI=1S/C41H72O14/c1-3-5-7-8-9-10-11-12-13-14-15-16-17-18-19-20-21-23-25-50-27-30(53-33(43)24-22-6-4-2)28-51-40-39(49)37(47)35(45)32(55-40)29-52-41-38(48)36(46)34(44)31(26-42)54-41/h5,7,9-10,12-13,30-32,34-42,44-49H,3-4,6,8,11,14-29H2,1-2H3/b7-5-,10-9-,13-12-. The number of aliphatic hydroxyl groups is 7. The van der Waals surface area contributed by atoms with E-state index in [1.165, 1.54) is 32.1 Å². The van der Waals surface area contributed by atoms with Gasteiger partial charge in [0.15, 0.2) is 12.6 Å². The van der Waals surface area contributed by atoms with Crippen LogP contribution in [0.5, 0.6) is 0 Å². The Labute approximate surface area is 328 Å². The van der Waals surface area contributed by atoms with Crippen molar-refractivity contribution < 1.29 is 69.0 Å². The second-order valence-corrected chi connectivity index (χ2v) is 14.4. The van der Waals surface area contributed by atoms with E-state index in [-0.39, 0.29) is 19.6 Å². The highest BCUT2D eigenvalue weighted by Gasteiger charge is 2.47. The van der Waals surface area contributed by atoms with Gasteiger partial charge in [-0.05, 0) is 44.9 Å². The van der Waals surface area contributed by atoms with E-state index in [9.17, 15) is 40.5 Å². The molecule has 2 saturated heterocycles. The summed E-state index contributed by atoms with van der Waals surface area (Å²) in [6.45, 7) is 3.34. The summed E-state index contributed by atoms with van der Waals surface area (Å²) in [4.78, 5) is 12.6. The minimum absolute atomic E-state index is 0.0538. The van der Waals surface area contributed by atoms with Crippen molar-refractivity contribution in [1.82, 2.24) is 0 Å². The second kappa shape index (κ2) is 30.3. The Kier molecular flexibility index (Phi) is 27.2. The summed E-state index contributed by atoms with van der Waals surface area (Å²) in [5, 5.41) is 71.4. The summed E-state index contributed by atoms with van der Waals surface area (Å²) < 4.78 is 33.7. The van der Waals surface area contributed by atoms with E-state index >= 15 is 0 Å². The molecular formula is C41H72O14. The summed E-state index contributed by atoms with van der Waals surface area (Å²) in [7, 11) is 0. The van der Waals surface area contributed by atoms with Gasteiger partial charge < -0.3 is 64.2 Å². The smallest absolute Gasteiger partial charge is 0.306 e. The number of hydrogen-bond donors (Lipinski definition) is 7. The monoisotopic (exact) mass is 788 g/mol. The van der Waals surface area contributed by atoms with E-state index in [4.69, 9.17) is 28.4 Å². The molecule has 0 aromatic heterocycles. The molecule has 320 valence electrons. The molecule has 0 aliphatic carbocycles. The van der Waals surface area contributed by atoms with Crippen LogP contribution in [0.2, 0.25) is 0 Å². The fraction of sp³-hybridized carbons (Fsp3) is 0.829. The van der Waals surface area contributed by atoms with Gasteiger partial charge >= 0.3 is 5.97 Å². The number of aliphatic hydroxyl groups excluding tert-OH is 7. The molecule has 2 fully saturated rings. The molecule has 11 atom stereocenters. The molecule has 0 spiro atoms. The lowest BCUT2D eigenvalue weighted by atomic mass is 9.98. The van der Waals surface area contributed by atoms with Crippen LogP contribution in [0.25, 0.3) is 0 Å². The number of unbranched alkanes of at least 4 members (excludes halogenated alkanes) is 10. The van der Waals surface area contributed by atoms with E-state index in [2.05, 4.69) is 43.4 Å². The van der Waals surface area contributed by atoms with Gasteiger partial charge in [-0.15, -0.1) is 0 Å². The Hall–Kier alpha value is -1.79. The molecule has 2 rings (SSSR count). The van der Waals surface area contributed by atoms with Crippen LogP contribution >= 0.6 is 0 Å². The van der Waals surface area contributed by atoms with Crippen LogP contribution in [0.1, 0.15) is 117 Å². The lowest BCUT2D eigenvalue weighted by Gasteiger charge is -2.42. The zero-order valence-electron chi connectivity index (χ0n) is 33.2. The summed E-state index contributed by atoms with van der Waals surface area (Å²) in [6, 6.07) is 0. The lowest BCUT2D eigenvalue weighted by molar-refractivity contribution is -0.332. The number of ether oxygens (including phenoxy) is 6. The van der Waals surface area contributed by atoms with Crippen molar-refractivity contribution in [1.29, 1.82) is 0 Å². The van der Waals surface area contributed by atoms with Gasteiger partial charge in [-0.3, -0.25) is 4.79 Å². The zero-order valence-corrected chi connectivity index (χ0v) is 33.2. The third-order valence-corrected chi connectivity index (χ3v) is 9.66. The highest BCUT2D eigenvalue weighted by Crippen LogP contribution is 2.26. The molecule has 14 heteroatoms. The molecule has 7 N–H and O–H groups in total. The predicted molar refractivity (Wildman–Crippen MR) is 206 cm³/mol. The molecule has 2 aliphatic rings. The maximum Gasteiger partial charge on any atom is 0.306 e. The fourth-order valence-corrected chi connectivity index (χ4v) is 6.24. The Balaban J connectivity index is 1.72. The van der Waals surface area contributed by atoms with Crippen LogP contribution in [0.4, 0.5) is 0 Å². The van der Waals surface area contributed by atoms with Gasteiger partial charge in [0.1, 0.15) is 54.9 Å². The van der Waals surface area contributed by atoms with E-state index in [0.717, 1.165) is 57.8 Å². The number of rotatable bonds is 30. The van der Waals surface area contributed by atoms with Crippen molar-refractivity contribution in [2.75, 3.05) is 33.0 Å². The number of carbonyl (C=O) groups excluding carboxylic acids is 1. The van der Waals surface area contributed by atoms with Crippen molar-refractivity contribution in [2.45, 2.75) is 184 Å².